The van der Waals surface area contributed by atoms with Crippen LogP contribution >= 0.6 is 0 Å². The number of nitrogens with one attached hydrogen (secondary N) is 2. The van der Waals surface area contributed by atoms with Crippen LogP contribution in [-0.4, -0.2) is 6.72 Å². The number of benzene rings is 3. The van der Waals surface area contributed by atoms with Crippen LogP contribution in [0.25, 0.3) is 0 Å². The first-order valence-corrected chi connectivity index (χ1v) is 7.78. The molecule has 0 atom stereocenters. The minimum Gasteiger partial charge on any atom is -0.374 e. The van der Waals surface area contributed by atoms with E-state index in [0.29, 0.717) is 0 Å². The Hall–Kier alpha value is -3.13. The van der Waals surface area contributed by atoms with Crippen LogP contribution in [-0.2, 0) is 5.54 Å². The van der Waals surface area contributed by atoms with Gasteiger partial charge in [0.25, 0.3) is 0 Å². The van der Waals surface area contributed by atoms with Gasteiger partial charge in [-0.15, -0.1) is 0 Å². The zero-order valence-corrected chi connectivity index (χ0v) is 13.7. The Morgan fingerprint density at radius 1 is 0.625 bits per heavy atom. The van der Waals surface area contributed by atoms with Gasteiger partial charge < -0.3 is 10.7 Å². The Balaban J connectivity index is 0.00000100. The summed E-state index contributed by atoms with van der Waals surface area (Å²) in [7, 11) is 0. The lowest BCUT2D eigenvalue weighted by atomic mass is 9.77. The molecule has 0 amide bonds. The van der Waals surface area contributed by atoms with Crippen LogP contribution in [0.3, 0.4) is 0 Å². The third-order valence-corrected chi connectivity index (χ3v) is 3.94. The molecule has 0 saturated heterocycles. The van der Waals surface area contributed by atoms with E-state index in [2.05, 4.69) is 91.4 Å². The molecule has 2 heteroatoms. The topological polar surface area (TPSA) is 35.9 Å². The van der Waals surface area contributed by atoms with Crippen molar-refractivity contribution in [2.24, 2.45) is 0 Å². The highest BCUT2D eigenvalue weighted by Gasteiger charge is 2.34. The van der Waals surface area contributed by atoms with Crippen molar-refractivity contribution in [3.05, 3.63) is 120 Å². The molecule has 2 N–H and O–H groups in total. The molecule has 0 aliphatic rings. The molecule has 0 spiro atoms. The van der Waals surface area contributed by atoms with Gasteiger partial charge in [0.1, 0.15) is 5.54 Å². The maximum atomic E-state index is 5.50. The predicted octanol–water partition coefficient (Wildman–Crippen LogP) is 4.98. The van der Waals surface area contributed by atoms with Gasteiger partial charge in [0, 0.05) is 0 Å². The summed E-state index contributed by atoms with van der Waals surface area (Å²) < 4.78 is 0. The molecule has 0 aliphatic carbocycles. The first-order chi connectivity index (χ1) is 11.9. The number of rotatable bonds is 5. The molecule has 0 fully saturated rings. The van der Waals surface area contributed by atoms with E-state index in [1.807, 2.05) is 18.2 Å². The largest absolute Gasteiger partial charge is 0.374 e. The molecule has 0 unspecified atom stereocenters. The molecule has 3 aromatic carbocycles. The van der Waals surface area contributed by atoms with Gasteiger partial charge in [-0.2, -0.15) is 0 Å². The molecule has 24 heavy (non-hydrogen) atoms. The Morgan fingerprint density at radius 3 is 1.17 bits per heavy atom. The first-order valence-electron chi connectivity index (χ1n) is 7.78. The standard InChI is InChI=1S/C21H19N.CH3N/c1-2-22-21(18-12-6-3-7-13-18,19-14-8-4-9-15-19)20-16-10-5-11-17-20;1-2/h2-17,22H,1H2;2H,1H2. The number of hydrogen-bond acceptors (Lipinski definition) is 2. The Labute approximate surface area is 144 Å². The molecule has 120 valence electrons. The zero-order valence-electron chi connectivity index (χ0n) is 13.7. The van der Waals surface area contributed by atoms with Crippen molar-refractivity contribution in [2.75, 3.05) is 0 Å². The second kappa shape index (κ2) is 8.49. The minimum atomic E-state index is -0.439. The summed E-state index contributed by atoms with van der Waals surface area (Å²) >= 11 is 0. The van der Waals surface area contributed by atoms with E-state index in [4.69, 9.17) is 5.41 Å². The SMILES string of the molecule is C=CNC(c1ccccc1)(c1ccccc1)c1ccccc1.C=N. The predicted molar refractivity (Wildman–Crippen MR) is 102 cm³/mol. The Kier molecular flexibility index (Phi) is 6.09. The molecule has 0 aromatic heterocycles. The quantitative estimate of drug-likeness (QED) is 0.506. The van der Waals surface area contributed by atoms with Crippen LogP contribution in [0, 0.1) is 5.41 Å². The van der Waals surface area contributed by atoms with Crippen LogP contribution in [0.1, 0.15) is 16.7 Å². The summed E-state index contributed by atoms with van der Waals surface area (Å²) in [5.41, 5.74) is 3.12. The van der Waals surface area contributed by atoms with Gasteiger partial charge in [-0.1, -0.05) is 97.6 Å². The van der Waals surface area contributed by atoms with E-state index in [1.54, 1.807) is 6.20 Å². The minimum absolute atomic E-state index is 0.439. The van der Waals surface area contributed by atoms with E-state index in [0.717, 1.165) is 0 Å². The van der Waals surface area contributed by atoms with Crippen molar-refractivity contribution < 1.29 is 0 Å². The average Bonchev–Trinajstić information content (AvgIpc) is 2.70. The third-order valence-electron chi connectivity index (χ3n) is 3.94. The highest BCUT2D eigenvalue weighted by atomic mass is 15.0. The molecule has 0 aliphatic heterocycles. The van der Waals surface area contributed by atoms with E-state index in [1.165, 1.54) is 16.7 Å². The summed E-state index contributed by atoms with van der Waals surface area (Å²) in [6.07, 6.45) is 1.77. The lowest BCUT2D eigenvalue weighted by molar-refractivity contribution is 0.551. The van der Waals surface area contributed by atoms with Gasteiger partial charge in [0.05, 0.1) is 0 Å². The van der Waals surface area contributed by atoms with Gasteiger partial charge in [-0.25, -0.2) is 0 Å². The fourth-order valence-electron chi connectivity index (χ4n) is 2.97. The van der Waals surface area contributed by atoms with Crippen molar-refractivity contribution in [1.29, 1.82) is 5.41 Å². The summed E-state index contributed by atoms with van der Waals surface area (Å²) in [6.45, 7) is 6.41. The van der Waals surface area contributed by atoms with Gasteiger partial charge >= 0.3 is 0 Å². The molecular formula is C22H22N2. The summed E-state index contributed by atoms with van der Waals surface area (Å²) in [5, 5.41) is 9.01. The van der Waals surface area contributed by atoms with Gasteiger partial charge in [0.2, 0.25) is 0 Å². The van der Waals surface area contributed by atoms with Crippen molar-refractivity contribution >= 4 is 6.72 Å². The van der Waals surface area contributed by atoms with Crippen LogP contribution in [0.4, 0.5) is 0 Å². The molecule has 3 rings (SSSR count). The first kappa shape index (κ1) is 17.2. The van der Waals surface area contributed by atoms with E-state index in [9.17, 15) is 0 Å². The van der Waals surface area contributed by atoms with Crippen molar-refractivity contribution in [2.45, 2.75) is 5.54 Å². The van der Waals surface area contributed by atoms with E-state index < -0.39 is 5.54 Å². The molecule has 3 aromatic rings. The smallest absolute Gasteiger partial charge is 0.113 e. The highest BCUT2D eigenvalue weighted by molar-refractivity contribution is 5.49. The van der Waals surface area contributed by atoms with E-state index in [-0.39, 0.29) is 0 Å². The lowest BCUT2D eigenvalue weighted by Crippen LogP contribution is -2.41. The zero-order chi connectivity index (χ0) is 17.3. The van der Waals surface area contributed by atoms with Crippen LogP contribution < -0.4 is 5.32 Å². The Morgan fingerprint density at radius 2 is 0.917 bits per heavy atom. The van der Waals surface area contributed by atoms with Gasteiger partial charge in [-0.3, -0.25) is 0 Å². The maximum Gasteiger partial charge on any atom is 0.113 e. The molecule has 0 saturated carbocycles. The highest BCUT2D eigenvalue weighted by Crippen LogP contribution is 2.36. The molecular weight excluding hydrogens is 292 g/mol. The molecule has 0 bridgehead atoms. The number of hydrogen-bond donors (Lipinski definition) is 2. The van der Waals surface area contributed by atoms with Crippen molar-refractivity contribution in [3.8, 4) is 0 Å². The lowest BCUT2D eigenvalue weighted by Gasteiger charge is -2.36. The van der Waals surface area contributed by atoms with Gasteiger partial charge in [-0.05, 0) is 29.6 Å². The van der Waals surface area contributed by atoms with Crippen molar-refractivity contribution in [3.63, 3.8) is 0 Å². The van der Waals surface area contributed by atoms with Crippen LogP contribution in [0.15, 0.2) is 104 Å². The molecule has 0 radical (unpaired) electrons. The Bertz CT molecular complexity index is 640. The second-order valence-electron chi connectivity index (χ2n) is 5.20. The average molecular weight is 314 g/mol. The van der Waals surface area contributed by atoms with Gasteiger partial charge in [0.15, 0.2) is 0 Å². The summed E-state index contributed by atoms with van der Waals surface area (Å²) in [5.74, 6) is 0. The van der Waals surface area contributed by atoms with Crippen LogP contribution in [0.2, 0.25) is 0 Å². The monoisotopic (exact) mass is 314 g/mol. The second-order valence-corrected chi connectivity index (χ2v) is 5.20. The third kappa shape index (κ3) is 3.28. The fraction of sp³-hybridized carbons (Fsp3) is 0.0455. The maximum absolute atomic E-state index is 5.50. The normalized spacial score (nSPS) is 10.2. The fourth-order valence-corrected chi connectivity index (χ4v) is 2.97. The molecule has 0 heterocycles. The van der Waals surface area contributed by atoms with Crippen molar-refractivity contribution in [1.82, 2.24) is 5.32 Å². The van der Waals surface area contributed by atoms with E-state index >= 15 is 0 Å². The van der Waals surface area contributed by atoms with Crippen LogP contribution in [0.5, 0.6) is 0 Å². The molecule has 2 nitrogen and oxygen atoms in total. The summed E-state index contributed by atoms with van der Waals surface area (Å²) in [6, 6.07) is 31.4. The summed E-state index contributed by atoms with van der Waals surface area (Å²) in [4.78, 5) is 0.